The largest absolute Gasteiger partial charge is 0.489 e. The van der Waals surface area contributed by atoms with Gasteiger partial charge in [-0.25, -0.2) is 4.39 Å². The van der Waals surface area contributed by atoms with E-state index in [1.54, 1.807) is 25.5 Å². The van der Waals surface area contributed by atoms with Crippen molar-refractivity contribution in [3.63, 3.8) is 0 Å². The molecule has 0 bridgehead atoms. The second kappa shape index (κ2) is 11.7. The van der Waals surface area contributed by atoms with Crippen LogP contribution in [-0.4, -0.2) is 40.4 Å². The monoisotopic (exact) mass is 476 g/mol. The number of aliphatic imine (C=N–C) groups is 1. The summed E-state index contributed by atoms with van der Waals surface area (Å²) in [6.07, 6.45) is 2.39. The Labute approximate surface area is 170 Å². The van der Waals surface area contributed by atoms with E-state index in [0.29, 0.717) is 24.8 Å². The number of nitrogens with zero attached hydrogens (tertiary/aromatic N) is 4. The zero-order chi connectivity index (χ0) is 18.1. The van der Waals surface area contributed by atoms with Gasteiger partial charge in [-0.3, -0.25) is 4.99 Å². The predicted molar refractivity (Wildman–Crippen MR) is 110 cm³/mol. The van der Waals surface area contributed by atoms with Crippen LogP contribution in [0.4, 0.5) is 4.39 Å². The van der Waals surface area contributed by atoms with Crippen molar-refractivity contribution in [1.29, 1.82) is 0 Å². The highest BCUT2D eigenvalue weighted by atomic mass is 127. The molecule has 0 radical (unpaired) electrons. The fourth-order valence-corrected chi connectivity index (χ4v) is 2.28. The number of aromatic nitrogens is 3. The van der Waals surface area contributed by atoms with E-state index in [4.69, 9.17) is 4.74 Å². The first kappa shape index (κ1) is 22.1. The molecular weight excluding hydrogens is 450 g/mol. The summed E-state index contributed by atoms with van der Waals surface area (Å²) in [5.41, 5.74) is 0. The summed E-state index contributed by atoms with van der Waals surface area (Å²) in [6.45, 7) is 5.94. The molecule has 2 rings (SSSR count). The summed E-state index contributed by atoms with van der Waals surface area (Å²) in [4.78, 5) is 4.19. The van der Waals surface area contributed by atoms with Crippen LogP contribution in [0.1, 0.15) is 26.1 Å². The lowest BCUT2D eigenvalue weighted by molar-refractivity contribution is 0.198. The summed E-state index contributed by atoms with van der Waals surface area (Å²) < 4.78 is 21.0. The molecule has 0 saturated heterocycles. The number of halogens is 2. The lowest BCUT2D eigenvalue weighted by atomic mass is 10.2. The van der Waals surface area contributed by atoms with Gasteiger partial charge in [0.15, 0.2) is 11.8 Å². The van der Waals surface area contributed by atoms with Crippen LogP contribution in [0.25, 0.3) is 0 Å². The molecule has 1 heterocycles. The Morgan fingerprint density at radius 1 is 1.35 bits per heavy atom. The zero-order valence-electron chi connectivity index (χ0n) is 15.3. The first-order valence-electron chi connectivity index (χ1n) is 8.39. The van der Waals surface area contributed by atoms with Crippen molar-refractivity contribution in [2.75, 3.05) is 13.6 Å². The van der Waals surface area contributed by atoms with Crippen molar-refractivity contribution in [3.05, 3.63) is 42.2 Å². The molecule has 0 aliphatic carbocycles. The number of guanidine groups is 1. The van der Waals surface area contributed by atoms with E-state index in [0.717, 1.165) is 18.8 Å². The summed E-state index contributed by atoms with van der Waals surface area (Å²) >= 11 is 0. The SMILES string of the molecule is CCC(CNC(=NC)NCc1nncn1CC)Oc1cccc(F)c1.I. The highest BCUT2D eigenvalue weighted by Gasteiger charge is 2.10. The van der Waals surface area contributed by atoms with Crippen LogP contribution in [0.2, 0.25) is 0 Å². The average molecular weight is 476 g/mol. The third kappa shape index (κ3) is 6.77. The molecule has 144 valence electrons. The number of benzene rings is 1. The topological polar surface area (TPSA) is 76.4 Å². The summed E-state index contributed by atoms with van der Waals surface area (Å²) in [5, 5.41) is 14.4. The Kier molecular flexibility index (Phi) is 9.92. The highest BCUT2D eigenvalue weighted by Crippen LogP contribution is 2.14. The number of hydrogen-bond donors (Lipinski definition) is 2. The molecule has 0 spiro atoms. The van der Waals surface area contributed by atoms with E-state index in [-0.39, 0.29) is 35.9 Å². The Bertz CT molecular complexity index is 693. The van der Waals surface area contributed by atoms with Gasteiger partial charge in [0.1, 0.15) is 24.0 Å². The second-order valence-electron chi connectivity index (χ2n) is 5.45. The molecule has 1 aromatic carbocycles. The van der Waals surface area contributed by atoms with E-state index in [9.17, 15) is 4.39 Å². The van der Waals surface area contributed by atoms with Crippen LogP contribution < -0.4 is 15.4 Å². The molecular formula is C17H26FIN6O. The smallest absolute Gasteiger partial charge is 0.191 e. The Hall–Kier alpha value is -1.91. The first-order valence-corrected chi connectivity index (χ1v) is 8.39. The van der Waals surface area contributed by atoms with E-state index in [1.807, 2.05) is 18.4 Å². The molecule has 1 unspecified atom stereocenters. The van der Waals surface area contributed by atoms with Gasteiger partial charge >= 0.3 is 0 Å². The fraction of sp³-hybridized carbons (Fsp3) is 0.471. The maximum atomic E-state index is 13.2. The van der Waals surface area contributed by atoms with Crippen LogP contribution in [0, 0.1) is 5.82 Å². The number of rotatable bonds is 8. The Morgan fingerprint density at radius 3 is 2.81 bits per heavy atom. The summed E-state index contributed by atoms with van der Waals surface area (Å²) in [6, 6.07) is 6.16. The summed E-state index contributed by atoms with van der Waals surface area (Å²) in [5.74, 6) is 1.70. The van der Waals surface area contributed by atoms with Crippen molar-refractivity contribution in [2.45, 2.75) is 39.5 Å². The Morgan fingerprint density at radius 2 is 2.15 bits per heavy atom. The molecule has 26 heavy (non-hydrogen) atoms. The van der Waals surface area contributed by atoms with E-state index >= 15 is 0 Å². The number of nitrogens with one attached hydrogen (secondary N) is 2. The van der Waals surface area contributed by atoms with Crippen LogP contribution in [-0.2, 0) is 13.1 Å². The third-order valence-electron chi connectivity index (χ3n) is 3.73. The van der Waals surface area contributed by atoms with Crippen LogP contribution in [0.15, 0.2) is 35.6 Å². The molecule has 1 atom stereocenters. The molecule has 7 nitrogen and oxygen atoms in total. The van der Waals surface area contributed by atoms with Crippen molar-refractivity contribution in [3.8, 4) is 5.75 Å². The highest BCUT2D eigenvalue weighted by molar-refractivity contribution is 14.0. The second-order valence-corrected chi connectivity index (χ2v) is 5.45. The predicted octanol–water partition coefficient (Wildman–Crippen LogP) is 2.58. The fourth-order valence-electron chi connectivity index (χ4n) is 2.28. The van der Waals surface area contributed by atoms with E-state index in [2.05, 4.69) is 25.8 Å². The molecule has 0 aliphatic rings. The van der Waals surface area contributed by atoms with Gasteiger partial charge in [0.25, 0.3) is 0 Å². The lowest BCUT2D eigenvalue weighted by Gasteiger charge is -2.20. The normalized spacial score (nSPS) is 12.2. The van der Waals surface area contributed by atoms with Gasteiger partial charge in [0.2, 0.25) is 0 Å². The quantitative estimate of drug-likeness (QED) is 0.348. The zero-order valence-corrected chi connectivity index (χ0v) is 17.6. The van der Waals surface area contributed by atoms with Gasteiger partial charge in [0, 0.05) is 19.7 Å². The van der Waals surface area contributed by atoms with Crippen LogP contribution in [0.3, 0.4) is 0 Å². The van der Waals surface area contributed by atoms with Crippen molar-refractivity contribution >= 4 is 29.9 Å². The minimum atomic E-state index is -0.308. The van der Waals surface area contributed by atoms with Crippen molar-refractivity contribution < 1.29 is 9.13 Å². The molecule has 1 aromatic heterocycles. The van der Waals surface area contributed by atoms with E-state index < -0.39 is 0 Å². The maximum Gasteiger partial charge on any atom is 0.191 e. The molecule has 0 aliphatic heterocycles. The van der Waals surface area contributed by atoms with Gasteiger partial charge in [-0.15, -0.1) is 34.2 Å². The van der Waals surface area contributed by atoms with Gasteiger partial charge in [-0.05, 0) is 25.5 Å². The molecule has 9 heteroatoms. The number of ether oxygens (including phenoxy) is 1. The van der Waals surface area contributed by atoms with E-state index in [1.165, 1.54) is 12.1 Å². The first-order chi connectivity index (χ1) is 12.2. The standard InChI is InChI=1S/C17H25FN6O.HI/c1-4-14(25-15-8-6-7-13(18)9-15)10-20-17(19-3)21-11-16-23-22-12-24(16)5-2;/h6-9,12,14H,4-5,10-11H2,1-3H3,(H2,19,20,21);1H. The average Bonchev–Trinajstić information content (AvgIpc) is 3.08. The number of aryl methyl sites for hydroxylation is 1. The minimum absolute atomic E-state index is 0. The third-order valence-corrected chi connectivity index (χ3v) is 3.73. The maximum absolute atomic E-state index is 13.2. The van der Waals surface area contributed by atoms with Crippen LogP contribution >= 0.6 is 24.0 Å². The van der Waals surface area contributed by atoms with Gasteiger partial charge < -0.3 is 19.9 Å². The van der Waals surface area contributed by atoms with Gasteiger partial charge in [0.05, 0.1) is 13.1 Å². The molecule has 0 fully saturated rings. The lowest BCUT2D eigenvalue weighted by Crippen LogP contribution is -2.42. The van der Waals surface area contributed by atoms with Crippen molar-refractivity contribution in [1.82, 2.24) is 25.4 Å². The van der Waals surface area contributed by atoms with Crippen LogP contribution in [0.5, 0.6) is 5.75 Å². The Balaban J connectivity index is 0.00000338. The molecule has 2 aromatic rings. The molecule has 2 N–H and O–H groups in total. The summed E-state index contributed by atoms with van der Waals surface area (Å²) in [7, 11) is 1.70. The minimum Gasteiger partial charge on any atom is -0.489 e. The number of hydrogen-bond acceptors (Lipinski definition) is 4. The molecule has 0 saturated carbocycles. The molecule has 0 amide bonds. The van der Waals surface area contributed by atoms with Gasteiger partial charge in [-0.2, -0.15) is 0 Å². The van der Waals surface area contributed by atoms with Gasteiger partial charge in [-0.1, -0.05) is 13.0 Å². The van der Waals surface area contributed by atoms with Crippen molar-refractivity contribution in [2.24, 2.45) is 4.99 Å².